The molecule has 1 nitrogen and oxygen atoms in total. The third kappa shape index (κ3) is 2.41. The molecule has 0 radical (unpaired) electrons. The maximum atomic E-state index is 4.40. The summed E-state index contributed by atoms with van der Waals surface area (Å²) in [6, 6.07) is 10.6. The van der Waals surface area contributed by atoms with Gasteiger partial charge in [-0.25, -0.2) is 0 Å². The quantitative estimate of drug-likeness (QED) is 0.741. The van der Waals surface area contributed by atoms with Crippen LogP contribution in [0.15, 0.2) is 36.5 Å². The van der Waals surface area contributed by atoms with E-state index in [-0.39, 0.29) is 0 Å². The van der Waals surface area contributed by atoms with Crippen molar-refractivity contribution in [3.8, 4) is 0 Å². The van der Waals surface area contributed by atoms with Crippen LogP contribution in [0.2, 0.25) is 0 Å². The molecule has 2 aromatic rings. The van der Waals surface area contributed by atoms with Gasteiger partial charge in [0.15, 0.2) is 0 Å². The van der Waals surface area contributed by atoms with Crippen LogP contribution < -0.4 is 0 Å². The summed E-state index contributed by atoms with van der Waals surface area (Å²) in [7, 11) is 0. The normalized spacial score (nSPS) is 12.9. The lowest BCUT2D eigenvalue weighted by molar-refractivity contribution is 0.524. The van der Waals surface area contributed by atoms with E-state index >= 15 is 0 Å². The zero-order valence-corrected chi connectivity index (χ0v) is 10.1. The second kappa shape index (κ2) is 5.11. The number of pyridine rings is 1. The van der Waals surface area contributed by atoms with Gasteiger partial charge in [-0.15, -0.1) is 0 Å². The first-order chi connectivity index (χ1) is 7.81. The third-order valence-corrected chi connectivity index (χ3v) is 3.09. The molecule has 84 valence electrons. The van der Waals surface area contributed by atoms with Crippen LogP contribution in [0.4, 0.5) is 0 Å². The second-order valence-corrected chi connectivity index (χ2v) is 4.59. The fraction of sp³-hybridized carbons (Fsp3) is 0.400. The van der Waals surface area contributed by atoms with E-state index in [1.54, 1.807) is 0 Å². The average Bonchev–Trinajstić information content (AvgIpc) is 2.30. The van der Waals surface area contributed by atoms with Crippen molar-refractivity contribution in [2.24, 2.45) is 5.92 Å². The first-order valence-electron chi connectivity index (χ1n) is 6.14. The molecule has 1 aromatic carbocycles. The highest BCUT2D eigenvalue weighted by molar-refractivity contribution is 5.81. The van der Waals surface area contributed by atoms with E-state index in [1.165, 1.54) is 23.8 Å². The van der Waals surface area contributed by atoms with Crippen molar-refractivity contribution in [3.63, 3.8) is 0 Å². The minimum Gasteiger partial charge on any atom is -0.256 e. The van der Waals surface area contributed by atoms with Crippen LogP contribution in [0, 0.1) is 5.92 Å². The molecular weight excluding hydrogens is 194 g/mol. The third-order valence-electron chi connectivity index (χ3n) is 3.09. The van der Waals surface area contributed by atoms with Crippen molar-refractivity contribution in [1.29, 1.82) is 0 Å². The lowest BCUT2D eigenvalue weighted by atomic mass is 9.94. The Bertz CT molecular complexity index is 456. The van der Waals surface area contributed by atoms with Crippen LogP contribution in [0.25, 0.3) is 10.9 Å². The Morgan fingerprint density at radius 2 is 2.06 bits per heavy atom. The molecule has 0 aliphatic rings. The molecule has 2 rings (SSSR count). The van der Waals surface area contributed by atoms with E-state index in [9.17, 15) is 0 Å². The summed E-state index contributed by atoms with van der Waals surface area (Å²) in [6.45, 7) is 4.58. The van der Waals surface area contributed by atoms with E-state index in [1.807, 2.05) is 12.3 Å². The molecular formula is C15H19N. The molecule has 0 saturated carbocycles. The monoisotopic (exact) mass is 213 g/mol. The summed E-state index contributed by atoms with van der Waals surface area (Å²) in [4.78, 5) is 4.40. The molecule has 1 aromatic heterocycles. The maximum absolute atomic E-state index is 4.40. The molecule has 0 fully saturated rings. The molecule has 0 amide bonds. The van der Waals surface area contributed by atoms with Gasteiger partial charge < -0.3 is 0 Å². The highest BCUT2D eigenvalue weighted by Gasteiger charge is 2.06. The van der Waals surface area contributed by atoms with Crippen molar-refractivity contribution in [2.75, 3.05) is 0 Å². The van der Waals surface area contributed by atoms with Crippen molar-refractivity contribution in [3.05, 3.63) is 42.1 Å². The molecule has 1 atom stereocenters. The lowest BCUT2D eigenvalue weighted by Gasteiger charge is -2.11. The van der Waals surface area contributed by atoms with E-state index in [0.717, 1.165) is 17.9 Å². The molecule has 1 heterocycles. The Kier molecular flexibility index (Phi) is 3.55. The molecule has 0 bridgehead atoms. The molecule has 1 heteroatoms. The highest BCUT2D eigenvalue weighted by atomic mass is 14.6. The van der Waals surface area contributed by atoms with Crippen LogP contribution >= 0.6 is 0 Å². The smallest absolute Gasteiger partial charge is 0.0704 e. The number of benzene rings is 1. The van der Waals surface area contributed by atoms with Crippen LogP contribution in [0.3, 0.4) is 0 Å². The maximum Gasteiger partial charge on any atom is 0.0704 e. The minimum atomic E-state index is 0.760. The summed E-state index contributed by atoms with van der Waals surface area (Å²) in [6.07, 6.45) is 5.60. The van der Waals surface area contributed by atoms with E-state index in [2.05, 4.69) is 43.1 Å². The molecule has 0 aliphatic carbocycles. The van der Waals surface area contributed by atoms with Gasteiger partial charge in [0.1, 0.15) is 0 Å². The topological polar surface area (TPSA) is 12.9 Å². The molecule has 1 unspecified atom stereocenters. The fourth-order valence-corrected chi connectivity index (χ4v) is 2.32. The van der Waals surface area contributed by atoms with Crippen LogP contribution in [0.5, 0.6) is 0 Å². The predicted octanol–water partition coefficient (Wildman–Crippen LogP) is 4.21. The summed E-state index contributed by atoms with van der Waals surface area (Å²) in [5, 5.41) is 1.31. The van der Waals surface area contributed by atoms with Gasteiger partial charge in [-0.3, -0.25) is 4.98 Å². The standard InChI is InChI=1S/C15H19N/c1-3-6-12(2)11-13-7-4-9-15-14(13)8-5-10-16-15/h4-5,7-10,12H,3,6,11H2,1-2H3. The molecule has 0 aliphatic heterocycles. The average molecular weight is 213 g/mol. The van der Waals surface area contributed by atoms with Gasteiger partial charge in [0.25, 0.3) is 0 Å². The Labute approximate surface area is 97.5 Å². The first-order valence-corrected chi connectivity index (χ1v) is 6.14. The molecule has 0 spiro atoms. The van der Waals surface area contributed by atoms with Gasteiger partial charge in [0.05, 0.1) is 5.52 Å². The number of hydrogen-bond donors (Lipinski definition) is 0. The number of fused-ring (bicyclic) bond motifs is 1. The largest absolute Gasteiger partial charge is 0.256 e. The van der Waals surface area contributed by atoms with Crippen LogP contribution in [0.1, 0.15) is 32.3 Å². The Morgan fingerprint density at radius 3 is 2.88 bits per heavy atom. The Hall–Kier alpha value is -1.37. The summed E-state index contributed by atoms with van der Waals surface area (Å²) < 4.78 is 0. The number of aromatic nitrogens is 1. The fourth-order valence-electron chi connectivity index (χ4n) is 2.32. The van der Waals surface area contributed by atoms with Gasteiger partial charge in [0.2, 0.25) is 0 Å². The zero-order valence-electron chi connectivity index (χ0n) is 10.1. The predicted molar refractivity (Wildman–Crippen MR) is 69.5 cm³/mol. The highest BCUT2D eigenvalue weighted by Crippen LogP contribution is 2.21. The van der Waals surface area contributed by atoms with Crippen LogP contribution in [-0.2, 0) is 6.42 Å². The van der Waals surface area contributed by atoms with Gasteiger partial charge in [-0.2, -0.15) is 0 Å². The van der Waals surface area contributed by atoms with E-state index < -0.39 is 0 Å². The first kappa shape index (κ1) is 11.1. The van der Waals surface area contributed by atoms with Gasteiger partial charge in [-0.1, -0.05) is 44.9 Å². The summed E-state index contributed by atoms with van der Waals surface area (Å²) in [5.41, 5.74) is 2.55. The second-order valence-electron chi connectivity index (χ2n) is 4.59. The van der Waals surface area contributed by atoms with Crippen LogP contribution in [-0.4, -0.2) is 4.98 Å². The molecule has 0 saturated heterocycles. The van der Waals surface area contributed by atoms with Crippen molar-refractivity contribution in [1.82, 2.24) is 4.98 Å². The van der Waals surface area contributed by atoms with Crippen molar-refractivity contribution < 1.29 is 0 Å². The zero-order chi connectivity index (χ0) is 11.4. The van der Waals surface area contributed by atoms with E-state index in [0.29, 0.717) is 0 Å². The Balaban J connectivity index is 2.30. The minimum absolute atomic E-state index is 0.760. The molecule has 16 heavy (non-hydrogen) atoms. The van der Waals surface area contributed by atoms with Gasteiger partial charge in [-0.05, 0) is 30.0 Å². The number of nitrogens with zero attached hydrogens (tertiary/aromatic N) is 1. The van der Waals surface area contributed by atoms with Gasteiger partial charge in [0, 0.05) is 11.6 Å². The van der Waals surface area contributed by atoms with Gasteiger partial charge >= 0.3 is 0 Å². The summed E-state index contributed by atoms with van der Waals surface area (Å²) >= 11 is 0. The number of rotatable bonds is 4. The van der Waals surface area contributed by atoms with Crippen molar-refractivity contribution in [2.45, 2.75) is 33.1 Å². The van der Waals surface area contributed by atoms with Crippen molar-refractivity contribution >= 4 is 10.9 Å². The lowest BCUT2D eigenvalue weighted by Crippen LogP contribution is -2.00. The molecule has 0 N–H and O–H groups in total. The summed E-state index contributed by atoms with van der Waals surface area (Å²) in [5.74, 6) is 0.760. The number of hydrogen-bond acceptors (Lipinski definition) is 1. The Morgan fingerprint density at radius 1 is 1.19 bits per heavy atom. The van der Waals surface area contributed by atoms with E-state index in [4.69, 9.17) is 0 Å². The SMILES string of the molecule is CCCC(C)Cc1cccc2ncccc12.